The van der Waals surface area contributed by atoms with Gasteiger partial charge in [-0.1, -0.05) is 18.2 Å². The second-order valence-electron chi connectivity index (χ2n) is 8.21. The maximum Gasteiger partial charge on any atom is 0.289 e. The number of aryl methyl sites for hydroxylation is 1. The van der Waals surface area contributed by atoms with Crippen molar-refractivity contribution >= 4 is 22.8 Å². The molecule has 2 fully saturated rings. The second kappa shape index (κ2) is 7.80. The molecule has 1 aromatic heterocycles. The van der Waals surface area contributed by atoms with Crippen molar-refractivity contribution in [2.45, 2.75) is 44.9 Å². The normalized spacial score (nSPS) is 25.5. The van der Waals surface area contributed by atoms with E-state index in [9.17, 15) is 14.7 Å². The zero-order chi connectivity index (χ0) is 20.7. The van der Waals surface area contributed by atoms with Crippen molar-refractivity contribution in [2.24, 2.45) is 0 Å². The lowest BCUT2D eigenvalue weighted by atomic mass is 10.1. The monoisotopic (exact) mass is 399 g/mol. The van der Waals surface area contributed by atoms with Crippen LogP contribution in [-0.2, 0) is 4.79 Å². The fourth-order valence-electron chi connectivity index (χ4n) is 4.82. The molecular weight excluding hydrogens is 370 g/mol. The van der Waals surface area contributed by atoms with Crippen LogP contribution in [-0.4, -0.2) is 83.0 Å². The van der Waals surface area contributed by atoms with Crippen molar-refractivity contribution in [3.05, 3.63) is 35.6 Å². The van der Waals surface area contributed by atoms with Gasteiger partial charge >= 0.3 is 0 Å². The van der Waals surface area contributed by atoms with E-state index in [4.69, 9.17) is 4.42 Å². The third-order valence-corrected chi connectivity index (χ3v) is 6.63. The Morgan fingerprint density at radius 2 is 1.83 bits per heavy atom. The van der Waals surface area contributed by atoms with Gasteiger partial charge in [0.25, 0.3) is 5.91 Å². The Hall–Kier alpha value is -2.38. The van der Waals surface area contributed by atoms with E-state index < -0.39 is 6.10 Å². The van der Waals surface area contributed by atoms with Crippen LogP contribution >= 0.6 is 0 Å². The van der Waals surface area contributed by atoms with Gasteiger partial charge in [0, 0.05) is 57.1 Å². The molecule has 0 radical (unpaired) electrons. The first-order valence-electron chi connectivity index (χ1n) is 10.3. The molecule has 7 nitrogen and oxygen atoms in total. The average Bonchev–Trinajstić information content (AvgIpc) is 3.27. The number of amides is 2. The van der Waals surface area contributed by atoms with Gasteiger partial charge in [0.05, 0.1) is 12.1 Å². The highest BCUT2D eigenvalue weighted by atomic mass is 16.3. The Labute approximate surface area is 170 Å². The number of hydrogen-bond acceptors (Lipinski definition) is 5. The second-order valence-corrected chi connectivity index (χ2v) is 8.21. The number of carbonyl (C=O) groups is 2. The molecule has 2 aliphatic rings. The van der Waals surface area contributed by atoms with Crippen molar-refractivity contribution < 1.29 is 19.1 Å². The van der Waals surface area contributed by atoms with Crippen LogP contribution in [0.25, 0.3) is 11.0 Å². The third kappa shape index (κ3) is 3.53. The Bertz CT molecular complexity index is 916. The number of hydrogen-bond donors (Lipinski definition) is 1. The molecule has 0 spiro atoms. The molecule has 0 unspecified atom stereocenters. The zero-order valence-electron chi connectivity index (χ0n) is 17.3. The lowest BCUT2D eigenvalue weighted by Gasteiger charge is -2.39. The molecule has 0 bridgehead atoms. The van der Waals surface area contributed by atoms with E-state index in [2.05, 4.69) is 4.90 Å². The van der Waals surface area contributed by atoms with Crippen LogP contribution in [0.3, 0.4) is 0 Å². The number of aliphatic hydroxyl groups is 1. The highest BCUT2D eigenvalue weighted by Gasteiger charge is 2.43. The summed E-state index contributed by atoms with van der Waals surface area (Å²) >= 11 is 0. The first kappa shape index (κ1) is 19.9. The fourth-order valence-corrected chi connectivity index (χ4v) is 4.82. The molecule has 1 saturated carbocycles. The van der Waals surface area contributed by atoms with E-state index >= 15 is 0 Å². The summed E-state index contributed by atoms with van der Waals surface area (Å²) in [6.45, 7) is 6.39. The van der Waals surface area contributed by atoms with Crippen LogP contribution in [0.5, 0.6) is 0 Å². The Kier molecular flexibility index (Phi) is 5.36. The highest BCUT2D eigenvalue weighted by molar-refractivity contribution is 5.99. The number of piperazine rings is 1. The maximum absolute atomic E-state index is 13.1. The molecule has 2 aromatic rings. The lowest BCUT2D eigenvalue weighted by molar-refractivity contribution is -0.131. The number of fused-ring (bicyclic) bond motifs is 1. The predicted molar refractivity (Wildman–Crippen MR) is 110 cm³/mol. The molecular formula is C22H29N3O4. The predicted octanol–water partition coefficient (Wildman–Crippen LogP) is 1.87. The molecule has 7 heteroatoms. The Balaban J connectivity index is 1.45. The first-order valence-corrected chi connectivity index (χ1v) is 10.3. The largest absolute Gasteiger partial charge is 0.451 e. The van der Waals surface area contributed by atoms with Gasteiger partial charge in [0.15, 0.2) is 5.76 Å². The van der Waals surface area contributed by atoms with E-state index in [0.717, 1.165) is 36.9 Å². The first-order chi connectivity index (χ1) is 13.9. The van der Waals surface area contributed by atoms with Gasteiger partial charge in [-0.2, -0.15) is 0 Å². The van der Waals surface area contributed by atoms with Gasteiger partial charge in [-0.05, 0) is 25.8 Å². The summed E-state index contributed by atoms with van der Waals surface area (Å²) in [5.41, 5.74) is 1.54. The maximum atomic E-state index is 13.1. The van der Waals surface area contributed by atoms with Crippen LogP contribution in [0.4, 0.5) is 0 Å². The van der Waals surface area contributed by atoms with Crippen LogP contribution in [0.1, 0.15) is 35.9 Å². The van der Waals surface area contributed by atoms with Gasteiger partial charge in [0.1, 0.15) is 5.58 Å². The van der Waals surface area contributed by atoms with Crippen LogP contribution in [0, 0.1) is 6.92 Å². The van der Waals surface area contributed by atoms with Crippen LogP contribution in [0.2, 0.25) is 0 Å². The Morgan fingerprint density at radius 1 is 1.14 bits per heavy atom. The zero-order valence-corrected chi connectivity index (χ0v) is 17.3. The molecule has 3 atom stereocenters. The number of likely N-dealkylation sites (N-methyl/N-ethyl adjacent to an activating group) is 1. The summed E-state index contributed by atoms with van der Waals surface area (Å²) in [6, 6.07) is 7.40. The fraction of sp³-hybridized carbons (Fsp3) is 0.545. The molecule has 156 valence electrons. The van der Waals surface area contributed by atoms with Gasteiger partial charge < -0.3 is 19.3 Å². The standard InChI is InChI=1S/C22H29N3O4/c1-14-16-6-4-5-7-19(16)29-21(14)22(28)23(3)17-8-9-18(20(17)27)25-12-10-24(11-13-25)15(2)26/h4-7,17-18,20,27H,8-13H2,1-3H3/t17-,18-,20-/m1/s1. The summed E-state index contributed by atoms with van der Waals surface area (Å²) in [6.07, 6.45) is 0.973. The molecule has 1 saturated heterocycles. The number of para-hydroxylation sites is 1. The van der Waals surface area contributed by atoms with Crippen molar-refractivity contribution in [3.63, 3.8) is 0 Å². The summed E-state index contributed by atoms with van der Waals surface area (Å²) in [5, 5.41) is 11.9. The average molecular weight is 399 g/mol. The minimum Gasteiger partial charge on any atom is -0.451 e. The third-order valence-electron chi connectivity index (χ3n) is 6.63. The van der Waals surface area contributed by atoms with Crippen molar-refractivity contribution in [2.75, 3.05) is 33.2 Å². The Morgan fingerprint density at radius 3 is 2.48 bits per heavy atom. The van der Waals surface area contributed by atoms with Gasteiger partial charge in [0.2, 0.25) is 5.91 Å². The minimum atomic E-state index is -0.613. The minimum absolute atomic E-state index is 0.0149. The number of nitrogens with zero attached hydrogens (tertiary/aromatic N) is 3. The topological polar surface area (TPSA) is 77.2 Å². The molecule has 4 rings (SSSR count). The summed E-state index contributed by atoms with van der Waals surface area (Å²) in [7, 11) is 1.75. The smallest absolute Gasteiger partial charge is 0.289 e. The number of aliphatic hydroxyl groups excluding tert-OH is 1. The number of furan rings is 1. The van der Waals surface area contributed by atoms with Crippen LogP contribution in [0.15, 0.2) is 28.7 Å². The summed E-state index contributed by atoms with van der Waals surface area (Å²) in [5.74, 6) is 0.255. The van der Waals surface area contributed by atoms with E-state index in [1.807, 2.05) is 36.1 Å². The van der Waals surface area contributed by atoms with Crippen molar-refractivity contribution in [3.8, 4) is 0 Å². The van der Waals surface area contributed by atoms with Gasteiger partial charge in [-0.3, -0.25) is 14.5 Å². The van der Waals surface area contributed by atoms with E-state index in [1.165, 1.54) is 0 Å². The molecule has 1 aliphatic carbocycles. The van der Waals surface area contributed by atoms with Gasteiger partial charge in [-0.25, -0.2) is 0 Å². The molecule has 29 heavy (non-hydrogen) atoms. The molecule has 2 amide bonds. The SMILES string of the molecule is CC(=O)N1CCN([C@@H]2CC[C@@H](N(C)C(=O)c3oc4ccccc4c3C)[C@H]2O)CC1. The quantitative estimate of drug-likeness (QED) is 0.853. The number of carbonyl (C=O) groups excluding carboxylic acids is 2. The lowest BCUT2D eigenvalue weighted by Crippen LogP contribution is -2.55. The molecule has 1 N–H and O–H groups in total. The summed E-state index contributed by atoms with van der Waals surface area (Å²) < 4.78 is 5.83. The van der Waals surface area contributed by atoms with Crippen molar-refractivity contribution in [1.82, 2.24) is 14.7 Å². The number of rotatable bonds is 3. The van der Waals surface area contributed by atoms with Crippen LogP contribution < -0.4 is 0 Å². The molecule has 2 heterocycles. The van der Waals surface area contributed by atoms with Gasteiger partial charge in [-0.15, -0.1) is 0 Å². The number of benzene rings is 1. The summed E-state index contributed by atoms with van der Waals surface area (Å²) in [4.78, 5) is 30.4. The highest BCUT2D eigenvalue weighted by Crippen LogP contribution is 2.31. The van der Waals surface area contributed by atoms with E-state index in [0.29, 0.717) is 24.4 Å². The molecule has 1 aliphatic heterocycles. The van der Waals surface area contributed by atoms with Crippen molar-refractivity contribution in [1.29, 1.82) is 0 Å². The van der Waals surface area contributed by atoms with E-state index in [-0.39, 0.29) is 23.9 Å². The molecule has 1 aromatic carbocycles. The van der Waals surface area contributed by atoms with E-state index in [1.54, 1.807) is 18.9 Å².